The molecule has 1 heterocycles. The molecule has 19 heavy (non-hydrogen) atoms. The van der Waals surface area contributed by atoms with Crippen LogP contribution in [0.15, 0.2) is 24.3 Å². The third-order valence-electron chi connectivity index (χ3n) is 2.36. The lowest BCUT2D eigenvalue weighted by Crippen LogP contribution is -2.16. The number of aryl methyl sites for hydroxylation is 1. The highest BCUT2D eigenvalue weighted by Gasteiger charge is 2.31. The predicted molar refractivity (Wildman–Crippen MR) is 68.0 cm³/mol. The summed E-state index contributed by atoms with van der Waals surface area (Å²) in [5.74, 6) is -0.263. The van der Waals surface area contributed by atoms with Gasteiger partial charge in [-0.25, -0.2) is 4.98 Å². The molecule has 2 rings (SSSR count). The first-order valence-corrected chi connectivity index (χ1v) is 6.32. The van der Waals surface area contributed by atoms with Crippen LogP contribution in [-0.2, 0) is 6.42 Å². The Morgan fingerprint density at radius 2 is 1.89 bits per heavy atom. The summed E-state index contributed by atoms with van der Waals surface area (Å²) in [7, 11) is 0. The minimum absolute atomic E-state index is 0.263. The van der Waals surface area contributed by atoms with Gasteiger partial charge in [-0.3, -0.25) is 0 Å². The Hall–Kier alpha value is -1.76. The number of rotatable bonds is 3. The van der Waals surface area contributed by atoms with Crippen LogP contribution in [-0.4, -0.2) is 11.3 Å². The summed E-state index contributed by atoms with van der Waals surface area (Å²) in [5.41, 5.74) is 7.10. The average molecular weight is 288 g/mol. The summed E-state index contributed by atoms with van der Waals surface area (Å²) >= 11 is 1.38. The summed E-state index contributed by atoms with van der Waals surface area (Å²) in [5, 5.41) is 1.45. The van der Waals surface area contributed by atoms with E-state index in [0.29, 0.717) is 16.3 Å². The molecule has 0 saturated carbocycles. The van der Waals surface area contributed by atoms with E-state index in [1.807, 2.05) is 6.92 Å². The highest BCUT2D eigenvalue weighted by atomic mass is 32.1. The van der Waals surface area contributed by atoms with Crippen LogP contribution in [0.2, 0.25) is 0 Å². The molecule has 0 unspecified atom stereocenters. The van der Waals surface area contributed by atoms with Crippen LogP contribution < -0.4 is 10.5 Å². The number of hydrogen-bond acceptors (Lipinski definition) is 4. The number of aromatic nitrogens is 1. The Balaban J connectivity index is 2.24. The summed E-state index contributed by atoms with van der Waals surface area (Å²) in [6.07, 6.45) is -3.92. The fourth-order valence-electron chi connectivity index (χ4n) is 1.55. The van der Waals surface area contributed by atoms with E-state index >= 15 is 0 Å². The number of nitrogens with zero attached hydrogens (tertiary/aromatic N) is 1. The fourth-order valence-corrected chi connectivity index (χ4v) is 2.35. The number of thiazole rings is 1. The molecule has 2 aromatic rings. The van der Waals surface area contributed by atoms with Gasteiger partial charge >= 0.3 is 6.36 Å². The molecule has 0 aliphatic rings. The maximum Gasteiger partial charge on any atom is 0.573 e. The second-order valence-electron chi connectivity index (χ2n) is 3.75. The van der Waals surface area contributed by atoms with Crippen molar-refractivity contribution in [1.82, 2.24) is 4.98 Å². The first-order valence-electron chi connectivity index (χ1n) is 5.50. The molecular weight excluding hydrogens is 277 g/mol. The van der Waals surface area contributed by atoms with Gasteiger partial charge in [-0.05, 0) is 30.7 Å². The molecule has 3 nitrogen and oxygen atoms in total. The predicted octanol–water partition coefficient (Wildman–Crippen LogP) is 3.85. The molecule has 0 radical (unpaired) electrons. The maximum absolute atomic E-state index is 12.0. The van der Waals surface area contributed by atoms with Crippen LogP contribution >= 0.6 is 11.3 Å². The van der Waals surface area contributed by atoms with Crippen molar-refractivity contribution in [3.05, 3.63) is 29.3 Å². The van der Waals surface area contributed by atoms with Crippen LogP contribution in [0.1, 0.15) is 11.9 Å². The number of alkyl halides is 3. The number of ether oxygens (including phenoxy) is 1. The van der Waals surface area contributed by atoms with Crippen molar-refractivity contribution >= 4 is 16.3 Å². The number of halogens is 3. The lowest BCUT2D eigenvalue weighted by atomic mass is 10.1. The van der Waals surface area contributed by atoms with Crippen molar-refractivity contribution in [2.24, 2.45) is 0 Å². The van der Waals surface area contributed by atoms with E-state index in [1.54, 1.807) is 0 Å². The Morgan fingerprint density at radius 1 is 1.26 bits per heavy atom. The van der Waals surface area contributed by atoms with Crippen molar-refractivity contribution in [2.45, 2.75) is 19.7 Å². The molecule has 0 fully saturated rings. The van der Waals surface area contributed by atoms with E-state index in [1.165, 1.54) is 35.6 Å². The minimum Gasteiger partial charge on any atom is -0.406 e. The summed E-state index contributed by atoms with van der Waals surface area (Å²) in [6, 6.07) is 5.50. The lowest BCUT2D eigenvalue weighted by molar-refractivity contribution is -0.274. The Morgan fingerprint density at radius 3 is 2.37 bits per heavy atom. The van der Waals surface area contributed by atoms with E-state index in [-0.39, 0.29) is 5.75 Å². The van der Waals surface area contributed by atoms with Crippen molar-refractivity contribution in [3.63, 3.8) is 0 Å². The SMILES string of the molecule is CCc1nc(-c2ccc(OC(F)(F)F)cc2)c(N)s1. The molecule has 0 bridgehead atoms. The van der Waals surface area contributed by atoms with Gasteiger partial charge in [0.15, 0.2) is 0 Å². The monoisotopic (exact) mass is 288 g/mol. The van der Waals surface area contributed by atoms with Gasteiger partial charge in [0.25, 0.3) is 0 Å². The van der Waals surface area contributed by atoms with Crippen LogP contribution in [0.4, 0.5) is 18.2 Å². The van der Waals surface area contributed by atoms with Crippen molar-refractivity contribution in [2.75, 3.05) is 5.73 Å². The second-order valence-corrected chi connectivity index (χ2v) is 4.86. The number of nitrogens with two attached hydrogens (primary N) is 1. The molecule has 2 N–H and O–H groups in total. The Bertz CT molecular complexity index is 563. The third-order valence-corrected chi connectivity index (χ3v) is 3.39. The molecule has 1 aromatic heterocycles. The Labute approximate surface area is 111 Å². The van der Waals surface area contributed by atoms with Crippen molar-refractivity contribution in [1.29, 1.82) is 0 Å². The average Bonchev–Trinajstić information content (AvgIpc) is 2.70. The zero-order chi connectivity index (χ0) is 14.0. The van der Waals surface area contributed by atoms with E-state index in [0.717, 1.165) is 11.4 Å². The molecule has 102 valence electrons. The molecule has 0 aliphatic carbocycles. The number of nitrogen functional groups attached to an aromatic ring is 1. The van der Waals surface area contributed by atoms with Crippen LogP contribution in [0.5, 0.6) is 5.75 Å². The van der Waals surface area contributed by atoms with Crippen molar-refractivity contribution in [3.8, 4) is 17.0 Å². The Kier molecular flexibility index (Phi) is 3.66. The van der Waals surface area contributed by atoms with Gasteiger partial charge in [-0.15, -0.1) is 24.5 Å². The second kappa shape index (κ2) is 5.08. The van der Waals surface area contributed by atoms with Crippen LogP contribution in [0.25, 0.3) is 11.3 Å². The molecule has 0 atom stereocenters. The normalized spacial score (nSPS) is 11.6. The first-order chi connectivity index (χ1) is 8.89. The summed E-state index contributed by atoms with van der Waals surface area (Å²) in [6.45, 7) is 1.96. The quantitative estimate of drug-likeness (QED) is 0.933. The zero-order valence-electron chi connectivity index (χ0n) is 9.99. The largest absolute Gasteiger partial charge is 0.573 e. The number of hydrogen-bond donors (Lipinski definition) is 1. The van der Waals surface area contributed by atoms with Gasteiger partial charge in [-0.1, -0.05) is 6.92 Å². The van der Waals surface area contributed by atoms with E-state index in [4.69, 9.17) is 5.73 Å². The molecular formula is C12H11F3N2OS. The van der Waals surface area contributed by atoms with Gasteiger partial charge < -0.3 is 10.5 Å². The van der Waals surface area contributed by atoms with Crippen LogP contribution in [0.3, 0.4) is 0 Å². The highest BCUT2D eigenvalue weighted by molar-refractivity contribution is 7.16. The van der Waals surface area contributed by atoms with E-state index in [2.05, 4.69) is 9.72 Å². The zero-order valence-corrected chi connectivity index (χ0v) is 10.8. The van der Waals surface area contributed by atoms with Crippen LogP contribution in [0, 0.1) is 0 Å². The van der Waals surface area contributed by atoms with Gasteiger partial charge in [0.2, 0.25) is 0 Å². The topological polar surface area (TPSA) is 48.1 Å². The molecule has 0 saturated heterocycles. The summed E-state index contributed by atoms with van der Waals surface area (Å²) in [4.78, 5) is 4.33. The molecule has 0 spiro atoms. The number of anilines is 1. The molecule has 1 aromatic carbocycles. The third kappa shape index (κ3) is 3.37. The van der Waals surface area contributed by atoms with Gasteiger partial charge in [0, 0.05) is 5.56 Å². The maximum atomic E-state index is 12.0. The molecule has 0 aliphatic heterocycles. The first kappa shape index (κ1) is 13.7. The van der Waals surface area contributed by atoms with Crippen molar-refractivity contribution < 1.29 is 17.9 Å². The molecule has 0 amide bonds. The lowest BCUT2D eigenvalue weighted by Gasteiger charge is -2.08. The van der Waals surface area contributed by atoms with E-state index in [9.17, 15) is 13.2 Å². The fraction of sp³-hybridized carbons (Fsp3) is 0.250. The standard InChI is InChI=1S/C12H11F3N2OS/c1-2-9-17-10(11(16)19-9)7-3-5-8(6-4-7)18-12(13,14)15/h3-6H,2,16H2,1H3. The molecule has 7 heteroatoms. The summed E-state index contributed by atoms with van der Waals surface area (Å²) < 4.78 is 39.9. The van der Waals surface area contributed by atoms with Gasteiger partial charge in [0.05, 0.1) is 5.01 Å². The smallest absolute Gasteiger partial charge is 0.406 e. The highest BCUT2D eigenvalue weighted by Crippen LogP contribution is 2.32. The van der Waals surface area contributed by atoms with E-state index < -0.39 is 6.36 Å². The van der Waals surface area contributed by atoms with Gasteiger partial charge in [-0.2, -0.15) is 0 Å². The number of benzene rings is 1. The minimum atomic E-state index is -4.68. The van der Waals surface area contributed by atoms with Gasteiger partial charge in [0.1, 0.15) is 16.4 Å².